The topological polar surface area (TPSA) is 39.4 Å². The van der Waals surface area contributed by atoms with Gasteiger partial charge in [-0.05, 0) is 55.4 Å². The fourth-order valence-corrected chi connectivity index (χ4v) is 6.51. The number of rotatable bonds is 3. The van der Waals surface area contributed by atoms with E-state index in [-0.39, 0.29) is 0 Å². The van der Waals surface area contributed by atoms with Crippen molar-refractivity contribution in [1.82, 2.24) is 4.90 Å². The predicted molar refractivity (Wildman–Crippen MR) is 110 cm³/mol. The molecule has 1 aliphatic heterocycles. The van der Waals surface area contributed by atoms with E-state index in [1.807, 2.05) is 30.0 Å². The molecule has 1 spiro atoms. The zero-order valence-corrected chi connectivity index (χ0v) is 16.8. The normalized spacial score (nSPS) is 24.2. The number of hydrogen-bond acceptors (Lipinski definition) is 3. The molecule has 3 nitrogen and oxygen atoms in total. The molecule has 1 aromatic carbocycles. The van der Waals surface area contributed by atoms with Gasteiger partial charge in [-0.25, -0.2) is 4.99 Å². The number of aliphatic imine (C=N–C) groups is 1. The van der Waals surface area contributed by atoms with Crippen molar-refractivity contribution in [2.75, 3.05) is 5.75 Å². The lowest BCUT2D eigenvalue weighted by Crippen LogP contribution is -2.50. The minimum Gasteiger partial charge on any atom is -0.342 e. The summed E-state index contributed by atoms with van der Waals surface area (Å²) in [5.74, 6) is 1.57. The molecule has 2 aliphatic carbocycles. The molecule has 1 aromatic rings. The number of nitriles is 1. The van der Waals surface area contributed by atoms with Gasteiger partial charge in [0.1, 0.15) is 0 Å². The van der Waals surface area contributed by atoms with E-state index in [1.54, 1.807) is 0 Å². The Balaban J connectivity index is 1.73. The number of hydrogen-bond donors (Lipinski definition) is 0. The van der Waals surface area contributed by atoms with Crippen LogP contribution in [0.4, 0.5) is 5.69 Å². The first kappa shape index (κ1) is 17.9. The molecule has 0 amide bonds. The van der Waals surface area contributed by atoms with E-state index >= 15 is 0 Å². The summed E-state index contributed by atoms with van der Waals surface area (Å²) in [7, 11) is 0. The molecule has 26 heavy (non-hydrogen) atoms. The van der Waals surface area contributed by atoms with Crippen LogP contribution in [0, 0.1) is 11.3 Å². The van der Waals surface area contributed by atoms with Gasteiger partial charge < -0.3 is 4.90 Å². The second-order valence-corrected chi connectivity index (χ2v) is 9.41. The zero-order chi connectivity index (χ0) is 18.1. The van der Waals surface area contributed by atoms with Crippen LogP contribution in [0.15, 0.2) is 23.2 Å². The summed E-state index contributed by atoms with van der Waals surface area (Å²) in [5.41, 5.74) is 3.34. The van der Waals surface area contributed by atoms with E-state index in [4.69, 9.17) is 4.99 Å². The molecule has 0 bridgehead atoms. The van der Waals surface area contributed by atoms with Crippen LogP contribution in [-0.4, -0.2) is 27.4 Å². The molecule has 4 rings (SSSR count). The Morgan fingerprint density at radius 3 is 2.58 bits per heavy atom. The Morgan fingerprint density at radius 2 is 1.92 bits per heavy atom. The highest BCUT2D eigenvalue weighted by Gasteiger charge is 2.49. The van der Waals surface area contributed by atoms with Crippen molar-refractivity contribution in [2.45, 2.75) is 82.7 Å². The average molecular weight is 368 g/mol. The third kappa shape index (κ3) is 3.16. The van der Waals surface area contributed by atoms with Gasteiger partial charge in [0.25, 0.3) is 0 Å². The lowest BCUT2D eigenvalue weighted by molar-refractivity contribution is 0.163. The highest BCUT2D eigenvalue weighted by Crippen LogP contribution is 2.48. The van der Waals surface area contributed by atoms with E-state index in [0.717, 1.165) is 11.3 Å². The largest absolute Gasteiger partial charge is 0.342 e. The van der Waals surface area contributed by atoms with Gasteiger partial charge in [0.15, 0.2) is 5.17 Å². The molecule has 3 aliphatic rings. The molecule has 0 N–H and O–H groups in total. The second kappa shape index (κ2) is 7.27. The van der Waals surface area contributed by atoms with Crippen molar-refractivity contribution in [3.8, 4) is 6.07 Å². The van der Waals surface area contributed by atoms with E-state index in [2.05, 4.69) is 24.8 Å². The van der Waals surface area contributed by atoms with Crippen molar-refractivity contribution < 1.29 is 0 Å². The van der Waals surface area contributed by atoms with Gasteiger partial charge in [-0.1, -0.05) is 51.3 Å². The summed E-state index contributed by atoms with van der Waals surface area (Å²) >= 11 is 1.97. The van der Waals surface area contributed by atoms with E-state index in [9.17, 15) is 5.26 Å². The van der Waals surface area contributed by atoms with Crippen molar-refractivity contribution in [3.05, 3.63) is 29.3 Å². The molecule has 3 fully saturated rings. The van der Waals surface area contributed by atoms with Gasteiger partial charge in [-0.15, -0.1) is 0 Å². The maximum atomic E-state index is 9.25. The first-order valence-corrected chi connectivity index (χ1v) is 11.2. The minimum absolute atomic E-state index is 0.364. The highest BCUT2D eigenvalue weighted by molar-refractivity contribution is 8.14. The van der Waals surface area contributed by atoms with Crippen LogP contribution < -0.4 is 0 Å². The molecule has 1 saturated heterocycles. The maximum absolute atomic E-state index is 9.25. The molecule has 2 saturated carbocycles. The Labute approximate surface area is 161 Å². The monoisotopic (exact) mass is 367 g/mol. The Morgan fingerprint density at radius 1 is 1.19 bits per heavy atom. The highest BCUT2D eigenvalue weighted by atomic mass is 32.2. The number of thioether (sulfide) groups is 1. The van der Waals surface area contributed by atoms with Gasteiger partial charge >= 0.3 is 0 Å². The standard InChI is InChI=1S/C22H29N3S/c1-16(2)19-13-17(14-23)9-10-20(19)24-21-25(18-7-3-4-8-18)22(15-26-21)11-5-6-12-22/h9-10,13,16,18H,3-8,11-12,15H2,1-2H3/b24-21+. The fourth-order valence-electron chi connectivity index (χ4n) is 5.04. The van der Waals surface area contributed by atoms with Gasteiger partial charge in [0.05, 0.1) is 22.9 Å². The summed E-state index contributed by atoms with van der Waals surface area (Å²) in [4.78, 5) is 7.95. The van der Waals surface area contributed by atoms with Crippen LogP contribution in [0.5, 0.6) is 0 Å². The SMILES string of the molecule is CC(C)c1cc(C#N)ccc1/N=C1/SCC2(CCCC2)N1C1CCCC1. The summed E-state index contributed by atoms with van der Waals surface area (Å²) < 4.78 is 0. The van der Waals surface area contributed by atoms with Gasteiger partial charge in [0, 0.05) is 11.8 Å². The summed E-state index contributed by atoms with van der Waals surface area (Å²) in [6, 6.07) is 8.94. The Hall–Kier alpha value is -1.47. The van der Waals surface area contributed by atoms with Crippen molar-refractivity contribution in [1.29, 1.82) is 5.26 Å². The van der Waals surface area contributed by atoms with E-state index in [1.165, 1.54) is 67.9 Å². The lowest BCUT2D eigenvalue weighted by Gasteiger charge is -2.40. The van der Waals surface area contributed by atoms with Crippen molar-refractivity contribution in [2.24, 2.45) is 4.99 Å². The number of nitrogens with zero attached hydrogens (tertiary/aromatic N) is 3. The van der Waals surface area contributed by atoms with Gasteiger partial charge in [-0.3, -0.25) is 0 Å². The molecule has 0 atom stereocenters. The summed E-state index contributed by atoms with van der Waals surface area (Å²) in [6.45, 7) is 4.38. The van der Waals surface area contributed by atoms with Crippen LogP contribution >= 0.6 is 11.8 Å². The lowest BCUT2D eigenvalue weighted by atomic mass is 9.95. The van der Waals surface area contributed by atoms with Crippen molar-refractivity contribution in [3.63, 3.8) is 0 Å². The molecule has 1 heterocycles. The molecule has 138 valence electrons. The molecule has 4 heteroatoms. The van der Waals surface area contributed by atoms with Crippen LogP contribution in [0.2, 0.25) is 0 Å². The minimum atomic E-state index is 0.364. The summed E-state index contributed by atoms with van der Waals surface area (Å²) in [5, 5.41) is 10.5. The van der Waals surface area contributed by atoms with E-state index in [0.29, 0.717) is 17.5 Å². The number of amidine groups is 1. The van der Waals surface area contributed by atoms with Gasteiger partial charge in [-0.2, -0.15) is 5.26 Å². The van der Waals surface area contributed by atoms with Crippen LogP contribution in [0.3, 0.4) is 0 Å². The Bertz CT molecular complexity index is 734. The molecule has 0 aromatic heterocycles. The van der Waals surface area contributed by atoms with Gasteiger partial charge in [0.2, 0.25) is 0 Å². The first-order chi connectivity index (χ1) is 12.6. The Kier molecular flexibility index (Phi) is 5.01. The fraction of sp³-hybridized carbons (Fsp3) is 0.636. The summed E-state index contributed by atoms with van der Waals surface area (Å²) in [6.07, 6.45) is 10.8. The first-order valence-electron chi connectivity index (χ1n) is 10.2. The second-order valence-electron chi connectivity index (χ2n) is 8.46. The molecular weight excluding hydrogens is 338 g/mol. The predicted octanol–water partition coefficient (Wildman–Crippen LogP) is 5.97. The van der Waals surface area contributed by atoms with Crippen LogP contribution in [0.25, 0.3) is 0 Å². The average Bonchev–Trinajstić information content (AvgIpc) is 3.38. The molecule has 0 unspecified atom stereocenters. The van der Waals surface area contributed by atoms with Crippen LogP contribution in [-0.2, 0) is 0 Å². The maximum Gasteiger partial charge on any atom is 0.165 e. The molecular formula is C22H29N3S. The third-order valence-corrected chi connectivity index (χ3v) is 7.63. The number of benzene rings is 1. The quantitative estimate of drug-likeness (QED) is 0.660. The third-order valence-electron chi connectivity index (χ3n) is 6.41. The van der Waals surface area contributed by atoms with E-state index < -0.39 is 0 Å². The van der Waals surface area contributed by atoms with Crippen molar-refractivity contribution >= 4 is 22.6 Å². The smallest absolute Gasteiger partial charge is 0.165 e. The zero-order valence-electron chi connectivity index (χ0n) is 16.0. The molecule has 0 radical (unpaired) electrons. The van der Waals surface area contributed by atoms with Crippen LogP contribution in [0.1, 0.15) is 82.3 Å².